The molecule has 2 aromatic rings. The molecule has 2 rings (SSSR count). The highest BCUT2D eigenvalue weighted by Crippen LogP contribution is 2.16. The lowest BCUT2D eigenvalue weighted by atomic mass is 10.0. The molecule has 2 amide bonds. The Morgan fingerprint density at radius 3 is 2.19 bits per heavy atom. The summed E-state index contributed by atoms with van der Waals surface area (Å²) in [6.07, 6.45) is 1.43. The number of sulfonamides is 1. The average molecular weight is 466 g/mol. The normalized spacial score (nSPS) is 12.3. The zero-order valence-electron chi connectivity index (χ0n) is 17.7. The SMILES string of the molecule is C=CCNS(=O)(=O)Cc1ccc(NC(=O)C(NC(=O)c2c(F)cccc2F)C(C)C)cc1. The van der Waals surface area contributed by atoms with Crippen LogP contribution in [-0.2, 0) is 20.6 Å². The number of halogens is 2. The van der Waals surface area contributed by atoms with E-state index in [9.17, 15) is 26.8 Å². The lowest BCUT2D eigenvalue weighted by Crippen LogP contribution is -2.47. The number of anilines is 1. The molecule has 0 bridgehead atoms. The van der Waals surface area contributed by atoms with Crippen molar-refractivity contribution < 1.29 is 26.8 Å². The zero-order valence-corrected chi connectivity index (χ0v) is 18.5. The molecule has 0 radical (unpaired) electrons. The van der Waals surface area contributed by atoms with Crippen LogP contribution in [0.5, 0.6) is 0 Å². The van der Waals surface area contributed by atoms with Crippen molar-refractivity contribution in [3.05, 3.63) is 77.9 Å². The van der Waals surface area contributed by atoms with Gasteiger partial charge >= 0.3 is 0 Å². The first-order chi connectivity index (χ1) is 15.0. The number of hydrogen-bond acceptors (Lipinski definition) is 4. The molecule has 7 nitrogen and oxygen atoms in total. The maximum Gasteiger partial charge on any atom is 0.257 e. The summed E-state index contributed by atoms with van der Waals surface area (Å²) in [7, 11) is -3.52. The summed E-state index contributed by atoms with van der Waals surface area (Å²) in [4.78, 5) is 25.1. The summed E-state index contributed by atoms with van der Waals surface area (Å²) in [6, 6.07) is 8.11. The minimum Gasteiger partial charge on any atom is -0.340 e. The van der Waals surface area contributed by atoms with Crippen molar-refractivity contribution >= 4 is 27.5 Å². The average Bonchev–Trinajstić information content (AvgIpc) is 2.71. The van der Waals surface area contributed by atoms with Crippen LogP contribution in [0.2, 0.25) is 0 Å². The number of rotatable bonds is 10. The second kappa shape index (κ2) is 11.0. The van der Waals surface area contributed by atoms with Gasteiger partial charge in [-0.2, -0.15) is 0 Å². The Bertz CT molecular complexity index is 1070. The smallest absolute Gasteiger partial charge is 0.257 e. The van der Waals surface area contributed by atoms with Gasteiger partial charge in [-0.05, 0) is 35.7 Å². The number of benzene rings is 2. The summed E-state index contributed by atoms with van der Waals surface area (Å²) in [5.41, 5.74) is 0.108. The van der Waals surface area contributed by atoms with Gasteiger partial charge < -0.3 is 10.6 Å². The van der Waals surface area contributed by atoms with Gasteiger partial charge in [-0.3, -0.25) is 9.59 Å². The van der Waals surface area contributed by atoms with E-state index in [-0.39, 0.29) is 18.2 Å². The number of nitrogens with one attached hydrogen (secondary N) is 3. The fourth-order valence-corrected chi connectivity index (χ4v) is 3.93. The third-order valence-electron chi connectivity index (χ3n) is 4.45. The van der Waals surface area contributed by atoms with E-state index in [0.717, 1.165) is 18.2 Å². The molecule has 0 heterocycles. The Hall–Kier alpha value is -3.11. The van der Waals surface area contributed by atoms with Gasteiger partial charge in [0.15, 0.2) is 0 Å². The first-order valence-corrected chi connectivity index (χ1v) is 11.4. The van der Waals surface area contributed by atoms with E-state index in [4.69, 9.17) is 0 Å². The molecule has 172 valence electrons. The fraction of sp³-hybridized carbons (Fsp3) is 0.273. The number of amides is 2. The highest BCUT2D eigenvalue weighted by molar-refractivity contribution is 7.88. The lowest BCUT2D eigenvalue weighted by Gasteiger charge is -2.22. The lowest BCUT2D eigenvalue weighted by molar-refractivity contribution is -0.118. The molecule has 1 atom stereocenters. The molecule has 0 saturated heterocycles. The zero-order chi connectivity index (χ0) is 23.9. The predicted octanol–water partition coefficient (Wildman–Crippen LogP) is 2.96. The Labute approximate surface area is 186 Å². The van der Waals surface area contributed by atoms with Crippen molar-refractivity contribution in [2.45, 2.75) is 25.6 Å². The molecule has 2 aromatic carbocycles. The minimum atomic E-state index is -3.52. The minimum absolute atomic E-state index is 0.121. The van der Waals surface area contributed by atoms with Crippen LogP contribution in [0.3, 0.4) is 0 Å². The Morgan fingerprint density at radius 2 is 1.66 bits per heavy atom. The van der Waals surface area contributed by atoms with Gasteiger partial charge in [0.05, 0.1) is 5.75 Å². The van der Waals surface area contributed by atoms with Gasteiger partial charge in [0.25, 0.3) is 5.91 Å². The van der Waals surface area contributed by atoms with Crippen molar-refractivity contribution in [2.75, 3.05) is 11.9 Å². The van der Waals surface area contributed by atoms with Crippen LogP contribution in [0.15, 0.2) is 55.1 Å². The molecule has 0 aromatic heterocycles. The molecule has 0 fully saturated rings. The number of carbonyl (C=O) groups is 2. The van der Waals surface area contributed by atoms with E-state index in [2.05, 4.69) is 21.9 Å². The van der Waals surface area contributed by atoms with Crippen LogP contribution >= 0.6 is 0 Å². The first-order valence-electron chi connectivity index (χ1n) is 9.77. The maximum atomic E-state index is 13.9. The van der Waals surface area contributed by atoms with E-state index in [1.165, 1.54) is 18.2 Å². The standard InChI is InChI=1S/C22H25F2N3O4S/c1-4-12-25-32(30,31)13-15-8-10-16(11-9-15)26-22(29)20(14(2)3)27-21(28)19-17(23)6-5-7-18(19)24/h4-11,14,20,25H,1,12-13H2,2-3H3,(H,26,29)(H,27,28). The number of hydrogen-bond donors (Lipinski definition) is 3. The third kappa shape index (κ3) is 6.96. The van der Waals surface area contributed by atoms with Crippen LogP contribution < -0.4 is 15.4 Å². The molecular weight excluding hydrogens is 440 g/mol. The van der Waals surface area contributed by atoms with Gasteiger partial charge in [0.1, 0.15) is 23.2 Å². The molecule has 0 aliphatic heterocycles. The molecule has 32 heavy (non-hydrogen) atoms. The molecule has 1 unspecified atom stereocenters. The maximum absolute atomic E-state index is 13.9. The molecule has 0 aliphatic carbocycles. The van der Waals surface area contributed by atoms with E-state index in [0.29, 0.717) is 11.3 Å². The van der Waals surface area contributed by atoms with Crippen molar-refractivity contribution in [1.29, 1.82) is 0 Å². The van der Waals surface area contributed by atoms with Crippen LogP contribution in [0.1, 0.15) is 29.8 Å². The van der Waals surface area contributed by atoms with Gasteiger partial charge in [0.2, 0.25) is 15.9 Å². The molecule has 0 spiro atoms. The second-order valence-corrected chi connectivity index (χ2v) is 9.18. The summed E-state index contributed by atoms with van der Waals surface area (Å²) < 4.78 is 54.0. The topological polar surface area (TPSA) is 104 Å². The van der Waals surface area contributed by atoms with Crippen LogP contribution in [0.25, 0.3) is 0 Å². The second-order valence-electron chi connectivity index (χ2n) is 7.37. The van der Waals surface area contributed by atoms with Crippen LogP contribution in [0.4, 0.5) is 14.5 Å². The quantitative estimate of drug-likeness (QED) is 0.469. The molecular formula is C22H25F2N3O4S. The van der Waals surface area contributed by atoms with Crippen molar-refractivity contribution in [3.8, 4) is 0 Å². The number of carbonyl (C=O) groups excluding carboxylic acids is 2. The highest BCUT2D eigenvalue weighted by Gasteiger charge is 2.27. The fourth-order valence-electron chi connectivity index (χ4n) is 2.82. The molecule has 0 saturated carbocycles. The molecule has 3 N–H and O–H groups in total. The van der Waals surface area contributed by atoms with E-state index >= 15 is 0 Å². The molecule has 10 heteroatoms. The highest BCUT2D eigenvalue weighted by atomic mass is 32.2. The van der Waals surface area contributed by atoms with E-state index in [1.54, 1.807) is 26.0 Å². The monoisotopic (exact) mass is 465 g/mol. The molecule has 0 aliphatic rings. The van der Waals surface area contributed by atoms with Crippen LogP contribution in [-0.4, -0.2) is 32.8 Å². The van der Waals surface area contributed by atoms with E-state index in [1.807, 2.05) is 0 Å². The first kappa shape index (κ1) is 25.2. The Morgan fingerprint density at radius 1 is 1.06 bits per heavy atom. The summed E-state index contributed by atoms with van der Waals surface area (Å²) in [6.45, 7) is 6.92. The van der Waals surface area contributed by atoms with Crippen molar-refractivity contribution in [3.63, 3.8) is 0 Å². The van der Waals surface area contributed by atoms with Gasteiger partial charge in [-0.25, -0.2) is 21.9 Å². The van der Waals surface area contributed by atoms with Gasteiger partial charge in [-0.15, -0.1) is 6.58 Å². The largest absolute Gasteiger partial charge is 0.340 e. The Balaban J connectivity index is 2.08. The van der Waals surface area contributed by atoms with Gasteiger partial charge in [0, 0.05) is 12.2 Å². The van der Waals surface area contributed by atoms with Crippen LogP contribution in [0, 0.1) is 17.6 Å². The summed E-state index contributed by atoms with van der Waals surface area (Å²) in [5.74, 6) is -4.31. The summed E-state index contributed by atoms with van der Waals surface area (Å²) >= 11 is 0. The summed E-state index contributed by atoms with van der Waals surface area (Å²) in [5, 5.41) is 4.98. The van der Waals surface area contributed by atoms with Crippen molar-refractivity contribution in [1.82, 2.24) is 10.0 Å². The van der Waals surface area contributed by atoms with Crippen molar-refractivity contribution in [2.24, 2.45) is 5.92 Å². The van der Waals surface area contributed by atoms with E-state index < -0.39 is 45.1 Å². The Kier molecular flexibility index (Phi) is 8.62. The predicted molar refractivity (Wildman–Crippen MR) is 118 cm³/mol. The van der Waals surface area contributed by atoms with Gasteiger partial charge in [-0.1, -0.05) is 38.1 Å². The third-order valence-corrected chi connectivity index (χ3v) is 5.77.